The van der Waals surface area contributed by atoms with Crippen LogP contribution in [0.1, 0.15) is 52.2 Å². The summed E-state index contributed by atoms with van der Waals surface area (Å²) in [5.41, 5.74) is 4.91. The minimum atomic E-state index is 0.329. The van der Waals surface area contributed by atoms with Crippen molar-refractivity contribution < 1.29 is 0 Å². The lowest BCUT2D eigenvalue weighted by Gasteiger charge is -2.18. The Morgan fingerprint density at radius 1 is 1.20 bits per heavy atom. The van der Waals surface area contributed by atoms with Gasteiger partial charge >= 0.3 is 0 Å². The second-order valence-corrected chi connectivity index (χ2v) is 6.66. The Morgan fingerprint density at radius 3 is 2.50 bits per heavy atom. The van der Waals surface area contributed by atoms with Crippen LogP contribution in [-0.2, 0) is 13.0 Å². The predicted octanol–water partition coefficient (Wildman–Crippen LogP) is 4.48. The topological polar surface area (TPSA) is 24.9 Å². The number of nitrogens with one attached hydrogen (secondary N) is 1. The van der Waals surface area contributed by atoms with Gasteiger partial charge in [0.25, 0.3) is 0 Å². The highest BCUT2D eigenvalue weighted by atomic mass is 32.1. The van der Waals surface area contributed by atoms with Crippen molar-refractivity contribution >= 4 is 11.3 Å². The van der Waals surface area contributed by atoms with E-state index in [9.17, 15) is 0 Å². The molecule has 0 bridgehead atoms. The number of nitrogens with zero attached hydrogens (tertiary/aromatic N) is 1. The molecule has 0 aliphatic carbocycles. The SMILES string of the molecule is CCc1ccc(CNC(C)c2c(C)cc(C)nc2C)s1. The standard InChI is InChI=1S/C17H24N2S/c1-6-15-7-8-16(20-15)10-18-13(4)17-11(2)9-12(3)19-14(17)5/h7-9,13,18H,6,10H2,1-5H3. The third-order valence-corrected chi connectivity index (χ3v) is 4.89. The van der Waals surface area contributed by atoms with Crippen molar-refractivity contribution in [2.45, 2.75) is 53.6 Å². The van der Waals surface area contributed by atoms with Gasteiger partial charge in [0.1, 0.15) is 0 Å². The molecule has 0 spiro atoms. The third kappa shape index (κ3) is 3.47. The molecule has 0 saturated carbocycles. The van der Waals surface area contributed by atoms with Gasteiger partial charge in [-0.15, -0.1) is 11.3 Å². The number of aromatic nitrogens is 1. The van der Waals surface area contributed by atoms with Gasteiger partial charge in [-0.1, -0.05) is 6.92 Å². The second kappa shape index (κ2) is 6.51. The molecule has 0 aliphatic heterocycles. The fraction of sp³-hybridized carbons (Fsp3) is 0.471. The van der Waals surface area contributed by atoms with Crippen LogP contribution in [0.2, 0.25) is 0 Å². The first-order valence-electron chi connectivity index (χ1n) is 7.27. The predicted molar refractivity (Wildman–Crippen MR) is 87.4 cm³/mol. The monoisotopic (exact) mass is 288 g/mol. The average Bonchev–Trinajstić information content (AvgIpc) is 2.83. The van der Waals surface area contributed by atoms with Crippen LogP contribution in [0.5, 0.6) is 0 Å². The van der Waals surface area contributed by atoms with Gasteiger partial charge in [-0.2, -0.15) is 0 Å². The molecular weight excluding hydrogens is 264 g/mol. The summed E-state index contributed by atoms with van der Waals surface area (Å²) >= 11 is 1.90. The van der Waals surface area contributed by atoms with Crippen LogP contribution in [0, 0.1) is 20.8 Å². The first kappa shape index (κ1) is 15.2. The fourth-order valence-corrected chi connectivity index (χ4v) is 3.66. The Hall–Kier alpha value is -1.19. The first-order valence-corrected chi connectivity index (χ1v) is 8.08. The van der Waals surface area contributed by atoms with Gasteiger partial charge in [-0.25, -0.2) is 0 Å². The van der Waals surface area contributed by atoms with E-state index in [4.69, 9.17) is 0 Å². The molecule has 108 valence electrons. The second-order valence-electron chi connectivity index (χ2n) is 5.40. The highest BCUT2D eigenvalue weighted by Crippen LogP contribution is 2.23. The van der Waals surface area contributed by atoms with E-state index in [2.05, 4.69) is 63.1 Å². The highest BCUT2D eigenvalue weighted by molar-refractivity contribution is 7.11. The van der Waals surface area contributed by atoms with Crippen LogP contribution in [-0.4, -0.2) is 4.98 Å². The van der Waals surface area contributed by atoms with Gasteiger partial charge < -0.3 is 5.32 Å². The quantitative estimate of drug-likeness (QED) is 0.877. The molecule has 0 saturated heterocycles. The Kier molecular flexibility index (Phi) is 4.95. The average molecular weight is 288 g/mol. The zero-order valence-corrected chi connectivity index (χ0v) is 13.9. The summed E-state index contributed by atoms with van der Waals surface area (Å²) in [6.07, 6.45) is 1.13. The summed E-state index contributed by atoms with van der Waals surface area (Å²) in [6, 6.07) is 6.96. The highest BCUT2D eigenvalue weighted by Gasteiger charge is 2.13. The van der Waals surface area contributed by atoms with E-state index in [1.54, 1.807) is 0 Å². The molecule has 2 heterocycles. The molecule has 2 nitrogen and oxygen atoms in total. The minimum absolute atomic E-state index is 0.329. The van der Waals surface area contributed by atoms with E-state index in [0.717, 1.165) is 24.4 Å². The molecule has 0 fully saturated rings. The van der Waals surface area contributed by atoms with Gasteiger partial charge in [-0.3, -0.25) is 4.98 Å². The Balaban J connectivity index is 2.06. The van der Waals surface area contributed by atoms with Crippen molar-refractivity contribution in [1.29, 1.82) is 0 Å². The van der Waals surface area contributed by atoms with Crippen molar-refractivity contribution in [3.05, 3.63) is 50.5 Å². The van der Waals surface area contributed by atoms with Crippen molar-refractivity contribution in [2.24, 2.45) is 0 Å². The van der Waals surface area contributed by atoms with Crippen LogP contribution in [0.4, 0.5) is 0 Å². The number of pyridine rings is 1. The molecule has 0 amide bonds. The van der Waals surface area contributed by atoms with Gasteiger partial charge in [0, 0.05) is 33.7 Å². The molecule has 2 aromatic heterocycles. The molecule has 20 heavy (non-hydrogen) atoms. The number of rotatable bonds is 5. The molecule has 1 unspecified atom stereocenters. The zero-order valence-electron chi connectivity index (χ0n) is 13.1. The molecule has 2 rings (SSSR count). The largest absolute Gasteiger partial charge is 0.305 e. The molecule has 1 atom stereocenters. The summed E-state index contributed by atoms with van der Waals surface area (Å²) in [5.74, 6) is 0. The lowest BCUT2D eigenvalue weighted by atomic mass is 10.0. The van der Waals surface area contributed by atoms with E-state index in [1.165, 1.54) is 20.9 Å². The lowest BCUT2D eigenvalue weighted by molar-refractivity contribution is 0.570. The molecule has 2 aromatic rings. The lowest BCUT2D eigenvalue weighted by Crippen LogP contribution is -2.20. The summed E-state index contributed by atoms with van der Waals surface area (Å²) < 4.78 is 0. The van der Waals surface area contributed by atoms with E-state index in [-0.39, 0.29) is 0 Å². The van der Waals surface area contributed by atoms with Crippen LogP contribution in [0.3, 0.4) is 0 Å². The van der Waals surface area contributed by atoms with Crippen molar-refractivity contribution in [2.75, 3.05) is 0 Å². The van der Waals surface area contributed by atoms with Crippen LogP contribution < -0.4 is 5.32 Å². The number of thiophene rings is 1. The van der Waals surface area contributed by atoms with Crippen molar-refractivity contribution in [3.63, 3.8) is 0 Å². The Morgan fingerprint density at radius 2 is 1.90 bits per heavy atom. The summed E-state index contributed by atoms with van der Waals surface area (Å²) in [5, 5.41) is 3.62. The van der Waals surface area contributed by atoms with E-state index >= 15 is 0 Å². The molecule has 0 aromatic carbocycles. The fourth-order valence-electron chi connectivity index (χ4n) is 2.75. The molecule has 0 aliphatic rings. The Labute approximate surface area is 126 Å². The summed E-state index contributed by atoms with van der Waals surface area (Å²) in [6.45, 7) is 11.7. The van der Waals surface area contributed by atoms with Crippen molar-refractivity contribution in [3.8, 4) is 0 Å². The van der Waals surface area contributed by atoms with E-state index < -0.39 is 0 Å². The van der Waals surface area contributed by atoms with E-state index in [1.807, 2.05) is 11.3 Å². The van der Waals surface area contributed by atoms with Crippen LogP contribution in [0.15, 0.2) is 18.2 Å². The van der Waals surface area contributed by atoms with Gasteiger partial charge in [0.2, 0.25) is 0 Å². The van der Waals surface area contributed by atoms with Gasteiger partial charge in [-0.05, 0) is 63.4 Å². The minimum Gasteiger partial charge on any atom is -0.305 e. The molecule has 0 radical (unpaired) electrons. The number of hydrogen-bond donors (Lipinski definition) is 1. The summed E-state index contributed by atoms with van der Waals surface area (Å²) in [7, 11) is 0. The van der Waals surface area contributed by atoms with Crippen LogP contribution >= 0.6 is 11.3 Å². The maximum absolute atomic E-state index is 4.59. The normalized spacial score (nSPS) is 12.7. The zero-order chi connectivity index (χ0) is 14.7. The van der Waals surface area contributed by atoms with E-state index in [0.29, 0.717) is 6.04 Å². The smallest absolute Gasteiger partial charge is 0.0426 e. The first-order chi connectivity index (χ1) is 9.51. The maximum atomic E-state index is 4.59. The molecular formula is C17H24N2S. The van der Waals surface area contributed by atoms with Gasteiger partial charge in [0.05, 0.1) is 0 Å². The van der Waals surface area contributed by atoms with Crippen molar-refractivity contribution in [1.82, 2.24) is 10.3 Å². The third-order valence-electron chi connectivity index (χ3n) is 3.67. The van der Waals surface area contributed by atoms with Gasteiger partial charge in [0.15, 0.2) is 0 Å². The maximum Gasteiger partial charge on any atom is 0.0426 e. The molecule has 1 N–H and O–H groups in total. The number of aryl methyl sites for hydroxylation is 4. The molecule has 3 heteroatoms. The van der Waals surface area contributed by atoms with Crippen LogP contribution in [0.25, 0.3) is 0 Å². The number of hydrogen-bond acceptors (Lipinski definition) is 3. The Bertz CT molecular complexity index is 563. The summed E-state index contributed by atoms with van der Waals surface area (Å²) in [4.78, 5) is 7.45.